The average molecular weight is 472 g/mol. The molecular formula is C30H37N3O2. The third-order valence-electron chi connectivity index (χ3n) is 8.75. The molecule has 5 rings (SSSR count). The number of hydrogen-bond acceptors (Lipinski definition) is 4. The summed E-state index contributed by atoms with van der Waals surface area (Å²) in [5, 5.41) is 3.19. The molecule has 5 nitrogen and oxygen atoms in total. The number of amides is 1. The first-order chi connectivity index (χ1) is 16.7. The van der Waals surface area contributed by atoms with Gasteiger partial charge in [0.25, 0.3) is 5.91 Å². The van der Waals surface area contributed by atoms with Crippen LogP contribution in [0.3, 0.4) is 0 Å². The lowest BCUT2D eigenvalue weighted by Crippen LogP contribution is -2.53. The first-order valence-corrected chi connectivity index (χ1v) is 12.9. The Morgan fingerprint density at radius 1 is 1.20 bits per heavy atom. The van der Waals surface area contributed by atoms with Crippen LogP contribution in [-0.4, -0.2) is 17.4 Å². The van der Waals surface area contributed by atoms with Crippen LogP contribution in [-0.2, 0) is 11.8 Å². The molecule has 3 atom stereocenters. The van der Waals surface area contributed by atoms with Gasteiger partial charge >= 0.3 is 0 Å². The number of carbonyl (C=O) groups is 1. The van der Waals surface area contributed by atoms with Crippen LogP contribution in [0.5, 0.6) is 0 Å². The molecule has 0 spiro atoms. The third-order valence-corrected chi connectivity index (χ3v) is 8.75. The molecule has 1 amide bonds. The lowest BCUT2D eigenvalue weighted by atomic mass is 9.49. The number of fused-ring (bicyclic) bond motifs is 3. The van der Waals surface area contributed by atoms with Crippen molar-refractivity contribution < 1.29 is 9.21 Å². The van der Waals surface area contributed by atoms with Crippen LogP contribution in [0.15, 0.2) is 53.1 Å². The Balaban J connectivity index is 1.33. The van der Waals surface area contributed by atoms with Gasteiger partial charge in [0.1, 0.15) is 6.26 Å². The van der Waals surface area contributed by atoms with Gasteiger partial charge < -0.3 is 15.5 Å². The van der Waals surface area contributed by atoms with Crippen LogP contribution < -0.4 is 11.1 Å². The molecule has 1 aromatic heterocycles. The second kappa shape index (κ2) is 8.85. The van der Waals surface area contributed by atoms with E-state index in [9.17, 15) is 4.79 Å². The van der Waals surface area contributed by atoms with E-state index in [2.05, 4.69) is 56.2 Å². The number of hydrogen-bond donors (Lipinski definition) is 2. The molecule has 3 unspecified atom stereocenters. The Labute approximate surface area is 208 Å². The molecule has 2 aromatic carbocycles. The van der Waals surface area contributed by atoms with E-state index in [0.29, 0.717) is 41.2 Å². The Morgan fingerprint density at radius 3 is 2.77 bits per heavy atom. The minimum atomic E-state index is -0.194. The van der Waals surface area contributed by atoms with Gasteiger partial charge in [-0.25, -0.2) is 4.98 Å². The number of rotatable bonds is 5. The molecule has 1 heterocycles. The summed E-state index contributed by atoms with van der Waals surface area (Å²) in [5.41, 5.74) is 12.3. The number of nitrogens with zero attached hydrogens (tertiary/aromatic N) is 1. The Hall–Kier alpha value is -3.08. The smallest absolute Gasteiger partial charge is 0.273 e. The maximum absolute atomic E-state index is 13.0. The van der Waals surface area contributed by atoms with Gasteiger partial charge in [-0.05, 0) is 77.2 Å². The van der Waals surface area contributed by atoms with Crippen LogP contribution in [0.25, 0.3) is 11.5 Å². The summed E-state index contributed by atoms with van der Waals surface area (Å²) in [6.45, 7) is 9.99. The number of para-hydroxylation sites is 1. The molecule has 2 aliphatic rings. The Bertz CT molecular complexity index is 1250. The summed E-state index contributed by atoms with van der Waals surface area (Å²) >= 11 is 0. The predicted octanol–water partition coefficient (Wildman–Crippen LogP) is 6.49. The zero-order chi connectivity index (χ0) is 24.8. The van der Waals surface area contributed by atoms with E-state index in [4.69, 9.17) is 10.2 Å². The van der Waals surface area contributed by atoms with Gasteiger partial charge in [-0.1, -0.05) is 64.4 Å². The van der Waals surface area contributed by atoms with Crippen molar-refractivity contribution in [3.8, 4) is 11.5 Å². The fourth-order valence-corrected chi connectivity index (χ4v) is 6.78. The van der Waals surface area contributed by atoms with Crippen molar-refractivity contribution in [2.24, 2.45) is 11.3 Å². The summed E-state index contributed by atoms with van der Waals surface area (Å²) in [6, 6.07) is 14.5. The van der Waals surface area contributed by atoms with Gasteiger partial charge in [0, 0.05) is 12.2 Å². The van der Waals surface area contributed by atoms with Crippen molar-refractivity contribution in [1.29, 1.82) is 0 Å². The lowest BCUT2D eigenvalue weighted by Gasteiger charge is -2.55. The fraction of sp³-hybridized carbons (Fsp3) is 0.467. The highest BCUT2D eigenvalue weighted by Crippen LogP contribution is 2.57. The SMILES string of the molecule is CC(C)c1ccc2c(c1)CCC1C(C)(CNC(=O)c3coc(-c4ccccc4N)n3)CCCC21C. The number of aryl methyl sites for hydroxylation is 1. The molecule has 5 heteroatoms. The van der Waals surface area contributed by atoms with E-state index in [1.807, 2.05) is 18.2 Å². The highest BCUT2D eigenvalue weighted by atomic mass is 16.3. The molecule has 184 valence electrons. The first kappa shape index (κ1) is 23.7. The predicted molar refractivity (Wildman–Crippen MR) is 140 cm³/mol. The first-order valence-electron chi connectivity index (χ1n) is 12.9. The molecule has 0 bridgehead atoms. The van der Waals surface area contributed by atoms with Crippen LogP contribution in [0.4, 0.5) is 5.69 Å². The largest absolute Gasteiger partial charge is 0.444 e. The quantitative estimate of drug-likeness (QED) is 0.417. The summed E-state index contributed by atoms with van der Waals surface area (Å²) in [4.78, 5) is 17.5. The lowest BCUT2D eigenvalue weighted by molar-refractivity contribution is 0.0254. The molecule has 0 radical (unpaired) electrons. The second-order valence-electron chi connectivity index (χ2n) is 11.4. The van der Waals surface area contributed by atoms with Crippen LogP contribution in [0, 0.1) is 11.3 Å². The molecular weight excluding hydrogens is 434 g/mol. The summed E-state index contributed by atoms with van der Waals surface area (Å²) in [5.74, 6) is 1.25. The standard InChI is InChI=1S/C30H37N3O2/c1-19(2)20-10-12-23-21(16-20)11-13-26-29(3,14-7-15-30(23,26)4)18-32-27(34)25-17-35-28(33-25)22-8-5-6-9-24(22)31/h5-6,8-10,12,16-17,19,26H,7,11,13-15,18,31H2,1-4H3,(H,32,34). The van der Waals surface area contributed by atoms with E-state index in [0.717, 1.165) is 12.8 Å². The molecule has 0 saturated heterocycles. The number of carbonyl (C=O) groups excluding carboxylic acids is 1. The zero-order valence-electron chi connectivity index (χ0n) is 21.4. The summed E-state index contributed by atoms with van der Waals surface area (Å²) in [6.07, 6.45) is 7.21. The van der Waals surface area contributed by atoms with Crippen LogP contribution >= 0.6 is 0 Å². The number of nitrogens with two attached hydrogens (primary N) is 1. The van der Waals surface area contributed by atoms with Gasteiger partial charge in [-0.2, -0.15) is 0 Å². The second-order valence-corrected chi connectivity index (χ2v) is 11.4. The van der Waals surface area contributed by atoms with Gasteiger partial charge in [0.15, 0.2) is 5.69 Å². The van der Waals surface area contributed by atoms with Crippen molar-refractivity contribution >= 4 is 11.6 Å². The summed E-state index contributed by atoms with van der Waals surface area (Å²) in [7, 11) is 0. The number of aromatic nitrogens is 1. The van der Waals surface area contributed by atoms with Crippen molar-refractivity contribution in [3.05, 3.63) is 71.1 Å². The topological polar surface area (TPSA) is 81.2 Å². The van der Waals surface area contributed by atoms with E-state index < -0.39 is 0 Å². The van der Waals surface area contributed by atoms with E-state index in [1.54, 1.807) is 6.07 Å². The Morgan fingerprint density at radius 2 is 2.00 bits per heavy atom. The van der Waals surface area contributed by atoms with E-state index in [1.165, 1.54) is 42.2 Å². The van der Waals surface area contributed by atoms with E-state index >= 15 is 0 Å². The number of nitrogen functional groups attached to an aromatic ring is 1. The van der Waals surface area contributed by atoms with Gasteiger partial charge in [-0.15, -0.1) is 0 Å². The van der Waals surface area contributed by atoms with Gasteiger partial charge in [0.2, 0.25) is 5.89 Å². The van der Waals surface area contributed by atoms with E-state index in [-0.39, 0.29) is 16.7 Å². The zero-order valence-corrected chi connectivity index (χ0v) is 21.4. The minimum absolute atomic E-state index is 0.0352. The van der Waals surface area contributed by atoms with Crippen molar-refractivity contribution in [2.45, 2.75) is 71.1 Å². The van der Waals surface area contributed by atoms with Gasteiger partial charge in [-0.3, -0.25) is 4.79 Å². The number of anilines is 1. The number of benzene rings is 2. The molecule has 35 heavy (non-hydrogen) atoms. The molecule has 3 aromatic rings. The van der Waals surface area contributed by atoms with Crippen LogP contribution in [0.1, 0.15) is 86.5 Å². The fourth-order valence-electron chi connectivity index (χ4n) is 6.78. The maximum atomic E-state index is 13.0. The summed E-state index contributed by atoms with van der Waals surface area (Å²) < 4.78 is 5.59. The van der Waals surface area contributed by atoms with Crippen molar-refractivity contribution in [3.63, 3.8) is 0 Å². The molecule has 2 aliphatic carbocycles. The minimum Gasteiger partial charge on any atom is -0.444 e. The van der Waals surface area contributed by atoms with Gasteiger partial charge in [0.05, 0.1) is 5.56 Å². The number of nitrogens with one attached hydrogen (secondary N) is 1. The highest BCUT2D eigenvalue weighted by molar-refractivity contribution is 5.92. The normalized spacial score (nSPS) is 25.7. The third kappa shape index (κ3) is 4.15. The van der Waals surface area contributed by atoms with Crippen molar-refractivity contribution in [1.82, 2.24) is 10.3 Å². The molecule has 0 aliphatic heterocycles. The van der Waals surface area contributed by atoms with Crippen molar-refractivity contribution in [2.75, 3.05) is 12.3 Å². The molecule has 3 N–H and O–H groups in total. The molecule has 1 saturated carbocycles. The highest BCUT2D eigenvalue weighted by Gasteiger charge is 2.51. The monoisotopic (exact) mass is 471 g/mol. The van der Waals surface area contributed by atoms with Crippen LogP contribution in [0.2, 0.25) is 0 Å². The maximum Gasteiger partial charge on any atom is 0.273 e. The average Bonchev–Trinajstić information content (AvgIpc) is 3.32. The molecule has 1 fully saturated rings. The number of oxazole rings is 1. The Kier molecular flexibility index (Phi) is 5.98.